The van der Waals surface area contributed by atoms with Crippen LogP contribution in [0.15, 0.2) is 97.1 Å². The maximum Gasteiger partial charge on any atom is 0.323 e. The molecule has 3 heteroatoms. The van der Waals surface area contributed by atoms with E-state index in [9.17, 15) is 0 Å². The minimum Gasteiger partial charge on any atom is -0.424 e. The van der Waals surface area contributed by atoms with E-state index in [0.29, 0.717) is 11.8 Å². The first-order valence-corrected chi connectivity index (χ1v) is 8.11. The zero-order valence-corrected chi connectivity index (χ0v) is 13.5. The lowest BCUT2D eigenvalue weighted by Gasteiger charge is -2.09. The number of benzene rings is 3. The van der Waals surface area contributed by atoms with Gasteiger partial charge in [0.25, 0.3) is 0 Å². The molecular weight excluding hydrogens is 308 g/mol. The summed E-state index contributed by atoms with van der Waals surface area (Å²) in [5.74, 6) is 0.715. The van der Waals surface area contributed by atoms with Gasteiger partial charge in [0.1, 0.15) is 5.75 Å². The van der Waals surface area contributed by atoms with Gasteiger partial charge in [-0.25, -0.2) is 0 Å². The van der Waals surface area contributed by atoms with Gasteiger partial charge >= 0.3 is 6.01 Å². The summed E-state index contributed by atoms with van der Waals surface area (Å²) in [6, 6.07) is 32.0. The largest absolute Gasteiger partial charge is 0.424 e. The molecule has 0 unspecified atom stereocenters. The first-order valence-electron chi connectivity index (χ1n) is 8.11. The van der Waals surface area contributed by atoms with Crippen LogP contribution < -0.4 is 4.74 Å². The Bertz CT molecular complexity index is 897. The number of rotatable bonds is 4. The molecule has 0 fully saturated rings. The second kappa shape index (κ2) is 6.97. The Morgan fingerprint density at radius 1 is 0.520 bits per heavy atom. The molecule has 0 aliphatic carbocycles. The highest BCUT2D eigenvalue weighted by Crippen LogP contribution is 2.27. The van der Waals surface area contributed by atoms with Gasteiger partial charge in [-0.15, -0.1) is 0 Å². The van der Waals surface area contributed by atoms with Crippen molar-refractivity contribution >= 4 is 0 Å². The highest BCUT2D eigenvalue weighted by Gasteiger charge is 2.10. The van der Waals surface area contributed by atoms with Crippen molar-refractivity contribution in [1.82, 2.24) is 9.97 Å². The summed E-state index contributed by atoms with van der Waals surface area (Å²) in [5, 5.41) is 0. The number of hydrogen-bond acceptors (Lipinski definition) is 3. The van der Waals surface area contributed by atoms with Gasteiger partial charge in [0.05, 0.1) is 11.4 Å². The smallest absolute Gasteiger partial charge is 0.323 e. The fraction of sp³-hybridized carbons (Fsp3) is 0. The molecule has 120 valence electrons. The molecule has 0 N–H and O–H groups in total. The summed E-state index contributed by atoms with van der Waals surface area (Å²) < 4.78 is 5.88. The van der Waals surface area contributed by atoms with Crippen molar-refractivity contribution in [3.05, 3.63) is 97.1 Å². The molecule has 1 heterocycles. The fourth-order valence-corrected chi connectivity index (χ4v) is 2.58. The molecule has 0 bridgehead atoms. The lowest BCUT2D eigenvalue weighted by atomic mass is 10.1. The molecule has 0 aliphatic rings. The normalized spacial score (nSPS) is 10.4. The van der Waals surface area contributed by atoms with Crippen molar-refractivity contribution < 1.29 is 4.74 Å². The van der Waals surface area contributed by atoms with Gasteiger partial charge in [-0.05, 0) is 18.2 Å². The van der Waals surface area contributed by atoms with E-state index in [2.05, 4.69) is 9.97 Å². The first kappa shape index (κ1) is 15.1. The summed E-state index contributed by atoms with van der Waals surface area (Å²) in [5.41, 5.74) is 3.72. The summed E-state index contributed by atoms with van der Waals surface area (Å²) in [7, 11) is 0. The fourth-order valence-electron chi connectivity index (χ4n) is 2.58. The van der Waals surface area contributed by atoms with Crippen molar-refractivity contribution in [2.24, 2.45) is 0 Å². The third kappa shape index (κ3) is 3.56. The zero-order chi connectivity index (χ0) is 16.9. The molecule has 0 spiro atoms. The van der Waals surface area contributed by atoms with Crippen LogP contribution >= 0.6 is 0 Å². The van der Waals surface area contributed by atoms with Crippen molar-refractivity contribution in [2.75, 3.05) is 0 Å². The Labute approximate surface area is 146 Å². The van der Waals surface area contributed by atoms with Gasteiger partial charge in [0.15, 0.2) is 0 Å². The maximum absolute atomic E-state index is 5.88. The van der Waals surface area contributed by atoms with Gasteiger partial charge in [-0.1, -0.05) is 78.9 Å². The standard InChI is InChI=1S/C22H16N2O/c1-4-10-17(11-5-1)20-16-21(18-12-6-2-7-13-18)24-22(23-20)25-19-14-8-3-9-15-19/h1-16H. The van der Waals surface area contributed by atoms with Crippen molar-refractivity contribution in [2.45, 2.75) is 0 Å². The highest BCUT2D eigenvalue weighted by atomic mass is 16.5. The third-order valence-electron chi connectivity index (χ3n) is 3.80. The number of nitrogens with zero attached hydrogens (tertiary/aromatic N) is 2. The van der Waals surface area contributed by atoms with Gasteiger partial charge in [-0.2, -0.15) is 9.97 Å². The van der Waals surface area contributed by atoms with E-state index in [0.717, 1.165) is 22.5 Å². The quantitative estimate of drug-likeness (QED) is 0.490. The van der Waals surface area contributed by atoms with Crippen LogP contribution in [0.4, 0.5) is 0 Å². The minimum atomic E-state index is 0.339. The van der Waals surface area contributed by atoms with Crippen LogP contribution in [0.2, 0.25) is 0 Å². The monoisotopic (exact) mass is 324 g/mol. The van der Waals surface area contributed by atoms with E-state index in [1.165, 1.54) is 0 Å². The zero-order valence-electron chi connectivity index (χ0n) is 13.5. The Hall–Kier alpha value is -3.46. The van der Waals surface area contributed by atoms with Crippen molar-refractivity contribution in [3.8, 4) is 34.3 Å². The molecule has 0 radical (unpaired) electrons. The number of hydrogen-bond donors (Lipinski definition) is 0. The third-order valence-corrected chi connectivity index (χ3v) is 3.80. The average Bonchev–Trinajstić information content (AvgIpc) is 2.70. The molecule has 25 heavy (non-hydrogen) atoms. The van der Waals surface area contributed by atoms with Crippen LogP contribution in [-0.4, -0.2) is 9.97 Å². The lowest BCUT2D eigenvalue weighted by Crippen LogP contribution is -1.96. The number of aromatic nitrogens is 2. The molecule has 4 rings (SSSR count). The summed E-state index contributed by atoms with van der Waals surface area (Å²) in [4.78, 5) is 9.18. The van der Waals surface area contributed by atoms with E-state index >= 15 is 0 Å². The Morgan fingerprint density at radius 2 is 0.960 bits per heavy atom. The predicted octanol–water partition coefficient (Wildman–Crippen LogP) is 5.60. The van der Waals surface area contributed by atoms with E-state index < -0.39 is 0 Å². The van der Waals surface area contributed by atoms with Crippen LogP contribution in [0.25, 0.3) is 22.5 Å². The lowest BCUT2D eigenvalue weighted by molar-refractivity contribution is 0.443. The van der Waals surface area contributed by atoms with Gasteiger partial charge < -0.3 is 4.74 Å². The SMILES string of the molecule is c1ccc(Oc2nc(-c3ccccc3)cc(-c3ccccc3)n2)cc1. The topological polar surface area (TPSA) is 35.0 Å². The maximum atomic E-state index is 5.88. The molecule has 0 saturated carbocycles. The molecule has 4 aromatic rings. The molecule has 0 aliphatic heterocycles. The summed E-state index contributed by atoms with van der Waals surface area (Å²) in [6.45, 7) is 0. The average molecular weight is 324 g/mol. The Kier molecular flexibility index (Phi) is 4.21. The van der Waals surface area contributed by atoms with Crippen LogP contribution in [0, 0.1) is 0 Å². The van der Waals surface area contributed by atoms with Crippen LogP contribution in [0.1, 0.15) is 0 Å². The molecular formula is C22H16N2O. The molecule has 0 atom stereocenters. The predicted molar refractivity (Wildman–Crippen MR) is 99.4 cm³/mol. The van der Waals surface area contributed by atoms with E-state index in [4.69, 9.17) is 4.74 Å². The van der Waals surface area contributed by atoms with Gasteiger partial charge in [0, 0.05) is 11.1 Å². The van der Waals surface area contributed by atoms with E-state index in [1.54, 1.807) is 0 Å². The van der Waals surface area contributed by atoms with E-state index in [-0.39, 0.29) is 0 Å². The van der Waals surface area contributed by atoms with Crippen molar-refractivity contribution in [1.29, 1.82) is 0 Å². The number of ether oxygens (including phenoxy) is 1. The molecule has 0 saturated heterocycles. The molecule has 1 aromatic heterocycles. The molecule has 0 amide bonds. The highest BCUT2D eigenvalue weighted by molar-refractivity contribution is 5.68. The first-order chi connectivity index (χ1) is 12.4. The van der Waals surface area contributed by atoms with E-state index in [1.807, 2.05) is 97.1 Å². The van der Waals surface area contributed by atoms with Crippen LogP contribution in [0.3, 0.4) is 0 Å². The Morgan fingerprint density at radius 3 is 1.44 bits per heavy atom. The minimum absolute atomic E-state index is 0.339. The Balaban J connectivity index is 1.80. The van der Waals surface area contributed by atoms with Gasteiger partial charge in [-0.3, -0.25) is 0 Å². The van der Waals surface area contributed by atoms with Crippen LogP contribution in [-0.2, 0) is 0 Å². The molecule has 3 aromatic carbocycles. The molecule has 3 nitrogen and oxygen atoms in total. The van der Waals surface area contributed by atoms with Crippen LogP contribution in [0.5, 0.6) is 11.8 Å². The van der Waals surface area contributed by atoms with Crippen molar-refractivity contribution in [3.63, 3.8) is 0 Å². The summed E-state index contributed by atoms with van der Waals surface area (Å²) in [6.07, 6.45) is 0. The number of para-hydroxylation sites is 1. The van der Waals surface area contributed by atoms with Gasteiger partial charge in [0.2, 0.25) is 0 Å². The second-order valence-electron chi connectivity index (χ2n) is 5.57. The summed E-state index contributed by atoms with van der Waals surface area (Å²) >= 11 is 0. The second-order valence-corrected chi connectivity index (χ2v) is 5.57.